The molecule has 0 aromatic rings. The maximum absolute atomic E-state index is 15.0. The molecule has 0 bridgehead atoms. The maximum atomic E-state index is 15.0. The topological polar surface area (TPSA) is 111 Å². The average Bonchev–Trinajstić information content (AvgIpc) is 2.38. The average molecular weight is 754 g/mol. The fourth-order valence-electron chi connectivity index (χ4n) is 1.89. The Bertz CT molecular complexity index is 1270. The van der Waals surface area contributed by atoms with E-state index in [9.17, 15) is 77.9 Å². The van der Waals surface area contributed by atoms with Gasteiger partial charge in [-0.25, -0.2) is 18.1 Å². The van der Waals surface area contributed by atoms with Gasteiger partial charge in [-0.15, -0.1) is 66.2 Å². The summed E-state index contributed by atoms with van der Waals surface area (Å²) in [5.41, 5.74) is 0. The molecule has 0 radical (unpaired) electrons. The van der Waals surface area contributed by atoms with Crippen molar-refractivity contribution < 1.29 is 96.0 Å². The van der Waals surface area contributed by atoms with Crippen LogP contribution in [0.15, 0.2) is 27.1 Å². The summed E-state index contributed by atoms with van der Waals surface area (Å²) in [6, 6.07) is 0. The molecule has 0 aliphatic carbocycles. The van der Waals surface area contributed by atoms with Crippen molar-refractivity contribution in [2.24, 2.45) is 27.1 Å². The van der Waals surface area contributed by atoms with Gasteiger partial charge in [0.1, 0.15) is 0 Å². The van der Waals surface area contributed by atoms with Gasteiger partial charge in [0.2, 0.25) is 15.0 Å². The summed E-state index contributed by atoms with van der Waals surface area (Å²) in [5.74, 6) is 0. The summed E-state index contributed by atoms with van der Waals surface area (Å²) >= 11 is 0. The molecule has 34 heteroatoms. The standard InChI is InChI=1S/C6H6F18N6O4P6/c1-35(19)25-36(2,20)27-38(22,32-4(10,11)12)29-40(24,34-6(16,17)18)30-39(23,33-5(13,14)15)28-37(21,26-35)31-3(7,8)9/h1-2H3. The largest absolute Gasteiger partial charge is 0.530 e. The van der Waals surface area contributed by atoms with E-state index in [1.54, 1.807) is 9.03 Å². The van der Waals surface area contributed by atoms with Gasteiger partial charge < -0.3 is 0 Å². The van der Waals surface area contributed by atoms with E-state index in [4.69, 9.17) is 0 Å². The van der Waals surface area contributed by atoms with Crippen molar-refractivity contribution in [1.82, 2.24) is 0 Å². The molecular weight excluding hydrogens is 748 g/mol. The number of alkyl halides is 12. The van der Waals surface area contributed by atoms with E-state index in [1.165, 1.54) is 13.5 Å². The fraction of sp³-hybridized carbons (Fsp3) is 1.00. The van der Waals surface area contributed by atoms with Gasteiger partial charge in [-0.2, -0.15) is 38.7 Å². The quantitative estimate of drug-likeness (QED) is 0.210. The molecule has 0 aromatic heterocycles. The number of halogens is 18. The van der Waals surface area contributed by atoms with Crippen molar-refractivity contribution in [3.8, 4) is 0 Å². The molecule has 40 heavy (non-hydrogen) atoms. The SMILES string of the molecule is CP1(F)=NP(C)(F)=NP(F)(OC(F)(F)F)=NP(F)(OC(F)(F)F)=NP(F)(OC(F)(F)F)=NP(F)(OC(F)(F)F)=N1. The Hall–Kier alpha value is -0.0400. The Kier molecular flexibility index (Phi) is 10.9. The lowest BCUT2D eigenvalue weighted by Gasteiger charge is -2.23. The second-order valence-corrected chi connectivity index (χ2v) is 18.2. The van der Waals surface area contributed by atoms with Crippen LogP contribution in [0.4, 0.5) is 77.9 Å². The molecular formula is C6H6F18N6O4P6. The second-order valence-electron chi connectivity index (χ2n) is 6.20. The van der Waals surface area contributed by atoms with E-state index in [-0.39, 0.29) is 13.3 Å². The smallest absolute Gasteiger partial charge is 0.207 e. The van der Waals surface area contributed by atoms with E-state index >= 15 is 0 Å². The Balaban J connectivity index is 4.65. The van der Waals surface area contributed by atoms with Crippen LogP contribution in [0.2, 0.25) is 0 Å². The van der Waals surface area contributed by atoms with E-state index in [0.29, 0.717) is 0 Å². The lowest BCUT2D eigenvalue weighted by Crippen LogP contribution is -2.12. The van der Waals surface area contributed by atoms with Crippen LogP contribution in [0.1, 0.15) is 0 Å². The molecule has 0 aromatic carbocycles. The second kappa shape index (κ2) is 11.5. The zero-order valence-corrected chi connectivity index (χ0v) is 23.2. The summed E-state index contributed by atoms with van der Waals surface area (Å²) in [7, 11) is -43.4. The monoisotopic (exact) mass is 754 g/mol. The first kappa shape index (κ1) is 38.0. The highest BCUT2D eigenvalue weighted by Crippen LogP contribution is 2.83. The Morgan fingerprint density at radius 3 is 0.800 bits per heavy atom. The molecule has 0 amide bonds. The maximum Gasteiger partial charge on any atom is 0.530 e. The predicted octanol–water partition coefficient (Wildman–Crippen LogP) is 13.1. The Morgan fingerprint density at radius 2 is 0.550 bits per heavy atom. The van der Waals surface area contributed by atoms with Crippen molar-refractivity contribution in [1.29, 1.82) is 0 Å². The zero-order valence-electron chi connectivity index (χ0n) is 17.8. The number of hydrogen-bond donors (Lipinski definition) is 0. The molecule has 240 valence electrons. The van der Waals surface area contributed by atoms with Crippen LogP contribution in [0.25, 0.3) is 0 Å². The first-order valence-corrected chi connectivity index (χ1v) is 18.2. The molecule has 0 N–H and O–H groups in total. The summed E-state index contributed by atoms with van der Waals surface area (Å²) in [4.78, 5) is 0. The van der Waals surface area contributed by atoms with Gasteiger partial charge in [0.15, 0.2) is 0 Å². The van der Waals surface area contributed by atoms with Gasteiger partial charge in [0, 0.05) is 13.3 Å². The van der Waals surface area contributed by atoms with Crippen LogP contribution in [0, 0.1) is 0 Å². The van der Waals surface area contributed by atoms with E-state index in [2.05, 4.69) is 22.6 Å². The number of nitrogens with zero attached hydrogens (tertiary/aromatic N) is 6. The number of hydrogen-bond acceptors (Lipinski definition) is 10. The van der Waals surface area contributed by atoms with Crippen LogP contribution in [0.5, 0.6) is 0 Å². The highest BCUT2D eigenvalue weighted by Gasteiger charge is 2.52. The summed E-state index contributed by atoms with van der Waals surface area (Å²) < 4.78 is 260. The van der Waals surface area contributed by atoms with Crippen molar-refractivity contribution in [2.45, 2.75) is 25.4 Å². The van der Waals surface area contributed by atoms with Crippen LogP contribution in [-0.2, 0) is 18.1 Å². The lowest BCUT2D eigenvalue weighted by molar-refractivity contribution is -0.276. The first-order valence-electron chi connectivity index (χ1n) is 8.12. The van der Waals surface area contributed by atoms with Crippen LogP contribution in [0.3, 0.4) is 0 Å². The van der Waals surface area contributed by atoms with E-state index in [1.807, 2.05) is 0 Å². The predicted molar refractivity (Wildman–Crippen MR) is 103 cm³/mol. The lowest BCUT2D eigenvalue weighted by atomic mass is 11.4. The first-order chi connectivity index (χ1) is 17.1. The van der Waals surface area contributed by atoms with Gasteiger partial charge in [-0.05, 0) is 0 Å². The van der Waals surface area contributed by atoms with Crippen molar-refractivity contribution in [2.75, 3.05) is 13.3 Å². The molecule has 6 unspecified atom stereocenters. The molecule has 1 rings (SSSR count). The highest BCUT2D eigenvalue weighted by molar-refractivity contribution is 7.80. The van der Waals surface area contributed by atoms with Crippen LogP contribution >= 0.6 is 46.0 Å². The van der Waals surface area contributed by atoms with E-state index in [0.717, 1.165) is 0 Å². The fourth-order valence-corrected chi connectivity index (χ4v) is 15.8. The molecule has 1 aliphatic rings. The molecule has 0 fully saturated rings. The molecule has 1 heterocycles. The minimum atomic E-state index is -8.01. The van der Waals surface area contributed by atoms with Gasteiger partial charge in [0.05, 0.1) is 0 Å². The van der Waals surface area contributed by atoms with Crippen LogP contribution in [-0.4, -0.2) is 38.8 Å². The summed E-state index contributed by atoms with van der Waals surface area (Å²) in [6.07, 6.45) is -26.5. The molecule has 10 nitrogen and oxygen atoms in total. The molecule has 6 atom stereocenters. The third-order valence-electron chi connectivity index (χ3n) is 2.41. The molecule has 0 saturated carbocycles. The summed E-state index contributed by atoms with van der Waals surface area (Å²) in [6.45, 7) is -0.649. The van der Waals surface area contributed by atoms with Gasteiger partial charge in [0.25, 0.3) is 0 Å². The molecule has 0 spiro atoms. The third-order valence-corrected chi connectivity index (χ3v) is 16.5. The summed E-state index contributed by atoms with van der Waals surface area (Å²) in [5, 5.41) is 0. The molecule has 0 saturated heterocycles. The Labute approximate surface area is 208 Å². The normalized spacial score (nSPS) is 38.7. The highest BCUT2D eigenvalue weighted by atomic mass is 31.3. The third kappa shape index (κ3) is 14.4. The van der Waals surface area contributed by atoms with Gasteiger partial charge in [-0.1, -0.05) is 0 Å². The minimum absolute atomic E-state index is 0.324. The minimum Gasteiger partial charge on any atom is -0.207 e. The van der Waals surface area contributed by atoms with Gasteiger partial charge in [-0.3, -0.25) is 0 Å². The van der Waals surface area contributed by atoms with Crippen LogP contribution < -0.4 is 0 Å². The molecule has 1 aliphatic heterocycles. The van der Waals surface area contributed by atoms with Crippen molar-refractivity contribution in [3.63, 3.8) is 0 Å². The van der Waals surface area contributed by atoms with Crippen molar-refractivity contribution in [3.05, 3.63) is 0 Å². The zero-order chi connectivity index (χ0) is 32.1. The Morgan fingerprint density at radius 1 is 0.350 bits per heavy atom. The van der Waals surface area contributed by atoms with Gasteiger partial charge >= 0.3 is 56.4 Å². The van der Waals surface area contributed by atoms with E-state index < -0.39 is 71.5 Å². The van der Waals surface area contributed by atoms with Crippen molar-refractivity contribution >= 4 is 46.0 Å². The number of rotatable bonds is 4.